The highest BCUT2D eigenvalue weighted by Crippen LogP contribution is 2.28. The SMILES string of the molecule is c1ccc(-c2cc(Nc3ncn(-c4ccccc4)n3)cc(N3CCCC3)n2)cc1. The number of nitrogens with zero attached hydrogens (tertiary/aromatic N) is 5. The van der Waals surface area contributed by atoms with Crippen molar-refractivity contribution in [3.63, 3.8) is 0 Å². The van der Waals surface area contributed by atoms with Crippen LogP contribution in [0.25, 0.3) is 16.9 Å². The summed E-state index contributed by atoms with van der Waals surface area (Å²) in [6.07, 6.45) is 4.14. The van der Waals surface area contributed by atoms with Crippen LogP contribution >= 0.6 is 0 Å². The van der Waals surface area contributed by atoms with Crippen LogP contribution in [0.1, 0.15) is 12.8 Å². The smallest absolute Gasteiger partial charge is 0.246 e. The Morgan fingerprint density at radius 2 is 1.55 bits per heavy atom. The van der Waals surface area contributed by atoms with Crippen molar-refractivity contribution in [3.05, 3.63) is 79.1 Å². The van der Waals surface area contributed by atoms with E-state index in [0.717, 1.165) is 41.5 Å². The molecular formula is C23H22N6. The molecule has 6 nitrogen and oxygen atoms in total. The van der Waals surface area contributed by atoms with Gasteiger partial charge in [0, 0.05) is 30.4 Å². The van der Waals surface area contributed by atoms with Crippen LogP contribution in [0.4, 0.5) is 17.5 Å². The van der Waals surface area contributed by atoms with E-state index in [1.54, 1.807) is 11.0 Å². The van der Waals surface area contributed by atoms with E-state index >= 15 is 0 Å². The van der Waals surface area contributed by atoms with Gasteiger partial charge >= 0.3 is 0 Å². The van der Waals surface area contributed by atoms with Crippen molar-refractivity contribution in [1.29, 1.82) is 0 Å². The fourth-order valence-corrected chi connectivity index (χ4v) is 3.61. The summed E-state index contributed by atoms with van der Waals surface area (Å²) in [4.78, 5) is 11.7. The maximum atomic E-state index is 4.92. The molecule has 1 fully saturated rings. The molecule has 1 N–H and O–H groups in total. The average molecular weight is 382 g/mol. The summed E-state index contributed by atoms with van der Waals surface area (Å²) in [5, 5.41) is 7.92. The van der Waals surface area contributed by atoms with Gasteiger partial charge in [-0.3, -0.25) is 0 Å². The van der Waals surface area contributed by atoms with Crippen molar-refractivity contribution in [1.82, 2.24) is 19.7 Å². The minimum absolute atomic E-state index is 0.562. The molecule has 0 radical (unpaired) electrons. The summed E-state index contributed by atoms with van der Waals surface area (Å²) in [5.74, 6) is 1.56. The minimum Gasteiger partial charge on any atom is -0.357 e. The normalized spacial score (nSPS) is 13.6. The standard InChI is InChI=1S/C23H22N6/c1-3-9-18(10-4-1)21-15-19(16-22(26-21)28-13-7-8-14-28)25-23-24-17-29(27-23)20-11-5-2-6-12-20/h1-6,9-12,15-17H,7-8,13-14H2,(H,25,26,27). The molecule has 5 rings (SSSR count). The average Bonchev–Trinajstić information content (AvgIpc) is 3.47. The molecule has 1 aliphatic heterocycles. The Morgan fingerprint density at radius 1 is 0.828 bits per heavy atom. The van der Waals surface area contributed by atoms with Crippen LogP contribution in [0.5, 0.6) is 0 Å². The van der Waals surface area contributed by atoms with Gasteiger partial charge in [0.15, 0.2) is 0 Å². The molecule has 0 unspecified atom stereocenters. The molecule has 144 valence electrons. The van der Waals surface area contributed by atoms with E-state index in [1.807, 2.05) is 48.5 Å². The van der Waals surface area contributed by atoms with E-state index in [2.05, 4.69) is 44.6 Å². The quantitative estimate of drug-likeness (QED) is 0.543. The van der Waals surface area contributed by atoms with Gasteiger partial charge in [-0.25, -0.2) is 9.67 Å². The van der Waals surface area contributed by atoms with Gasteiger partial charge in [0.05, 0.1) is 11.4 Å². The van der Waals surface area contributed by atoms with E-state index in [0.29, 0.717) is 5.95 Å². The molecule has 4 aromatic rings. The molecule has 0 spiro atoms. The van der Waals surface area contributed by atoms with Gasteiger partial charge in [0.2, 0.25) is 5.95 Å². The third-order valence-corrected chi connectivity index (χ3v) is 5.08. The molecule has 0 aliphatic carbocycles. The van der Waals surface area contributed by atoms with E-state index in [-0.39, 0.29) is 0 Å². The molecule has 0 saturated carbocycles. The second-order valence-corrected chi connectivity index (χ2v) is 7.13. The molecule has 0 amide bonds. The van der Waals surface area contributed by atoms with Gasteiger partial charge in [0.1, 0.15) is 12.1 Å². The van der Waals surface area contributed by atoms with Gasteiger partial charge in [-0.1, -0.05) is 48.5 Å². The topological polar surface area (TPSA) is 58.9 Å². The Labute approximate surface area is 169 Å². The molecule has 2 aromatic carbocycles. The zero-order valence-electron chi connectivity index (χ0n) is 16.1. The van der Waals surface area contributed by atoms with Crippen LogP contribution in [0.2, 0.25) is 0 Å². The van der Waals surface area contributed by atoms with Gasteiger partial charge in [-0.05, 0) is 31.0 Å². The third-order valence-electron chi connectivity index (χ3n) is 5.08. The van der Waals surface area contributed by atoms with Crippen molar-refractivity contribution in [3.8, 4) is 16.9 Å². The Balaban J connectivity index is 1.47. The molecule has 0 atom stereocenters. The van der Waals surface area contributed by atoms with Gasteiger partial charge in [-0.2, -0.15) is 4.98 Å². The van der Waals surface area contributed by atoms with Crippen LogP contribution in [-0.2, 0) is 0 Å². The number of anilines is 3. The second kappa shape index (κ2) is 7.75. The monoisotopic (exact) mass is 382 g/mol. The zero-order chi connectivity index (χ0) is 19.5. The lowest BCUT2D eigenvalue weighted by atomic mass is 10.1. The number of benzene rings is 2. The summed E-state index contributed by atoms with van der Waals surface area (Å²) < 4.78 is 1.77. The number of nitrogens with one attached hydrogen (secondary N) is 1. The van der Waals surface area contributed by atoms with Crippen molar-refractivity contribution >= 4 is 17.5 Å². The maximum Gasteiger partial charge on any atom is 0.246 e. The zero-order valence-corrected chi connectivity index (χ0v) is 16.1. The summed E-state index contributed by atoms with van der Waals surface area (Å²) in [6.45, 7) is 2.09. The highest BCUT2D eigenvalue weighted by Gasteiger charge is 2.16. The highest BCUT2D eigenvalue weighted by molar-refractivity contribution is 5.70. The first-order chi connectivity index (χ1) is 14.3. The van der Waals surface area contributed by atoms with Crippen molar-refractivity contribution in [2.24, 2.45) is 0 Å². The summed E-state index contributed by atoms with van der Waals surface area (Å²) in [5.41, 5.74) is 3.96. The number of pyridine rings is 1. The predicted molar refractivity (Wildman–Crippen MR) is 116 cm³/mol. The third kappa shape index (κ3) is 3.82. The molecular weight excluding hydrogens is 360 g/mol. The number of rotatable bonds is 5. The molecule has 3 heterocycles. The van der Waals surface area contributed by atoms with E-state index < -0.39 is 0 Å². The van der Waals surface area contributed by atoms with Crippen LogP contribution in [-0.4, -0.2) is 32.8 Å². The second-order valence-electron chi connectivity index (χ2n) is 7.13. The number of para-hydroxylation sites is 1. The van der Waals surface area contributed by atoms with Crippen LogP contribution in [0.3, 0.4) is 0 Å². The van der Waals surface area contributed by atoms with Gasteiger partial charge in [0.25, 0.3) is 0 Å². The van der Waals surface area contributed by atoms with Crippen molar-refractivity contribution < 1.29 is 0 Å². The fraction of sp³-hybridized carbons (Fsp3) is 0.174. The maximum absolute atomic E-state index is 4.92. The van der Waals surface area contributed by atoms with Gasteiger partial charge < -0.3 is 10.2 Å². The van der Waals surface area contributed by atoms with Crippen LogP contribution in [0, 0.1) is 0 Å². The van der Waals surface area contributed by atoms with Crippen LogP contribution < -0.4 is 10.2 Å². The molecule has 2 aromatic heterocycles. The lowest BCUT2D eigenvalue weighted by molar-refractivity contribution is 0.882. The Hall–Kier alpha value is -3.67. The lowest BCUT2D eigenvalue weighted by Crippen LogP contribution is -2.19. The van der Waals surface area contributed by atoms with Crippen LogP contribution in [0.15, 0.2) is 79.1 Å². The van der Waals surface area contributed by atoms with Gasteiger partial charge in [-0.15, -0.1) is 5.10 Å². The molecule has 6 heteroatoms. The number of hydrogen-bond donors (Lipinski definition) is 1. The molecule has 29 heavy (non-hydrogen) atoms. The number of hydrogen-bond acceptors (Lipinski definition) is 5. The van der Waals surface area contributed by atoms with E-state index in [1.165, 1.54) is 12.8 Å². The van der Waals surface area contributed by atoms with E-state index in [4.69, 9.17) is 4.98 Å². The first-order valence-corrected chi connectivity index (χ1v) is 9.92. The fourth-order valence-electron chi connectivity index (χ4n) is 3.61. The number of aromatic nitrogens is 4. The lowest BCUT2D eigenvalue weighted by Gasteiger charge is -2.18. The molecule has 1 saturated heterocycles. The largest absolute Gasteiger partial charge is 0.357 e. The first kappa shape index (κ1) is 17.4. The van der Waals surface area contributed by atoms with E-state index in [9.17, 15) is 0 Å². The first-order valence-electron chi connectivity index (χ1n) is 9.92. The molecule has 1 aliphatic rings. The Kier molecular flexibility index (Phi) is 4.66. The summed E-state index contributed by atoms with van der Waals surface area (Å²) in [6, 6.07) is 24.4. The predicted octanol–water partition coefficient (Wildman–Crippen LogP) is 4.67. The summed E-state index contributed by atoms with van der Waals surface area (Å²) in [7, 11) is 0. The van der Waals surface area contributed by atoms with Crippen molar-refractivity contribution in [2.75, 3.05) is 23.3 Å². The highest BCUT2D eigenvalue weighted by atomic mass is 15.4. The Morgan fingerprint density at radius 3 is 2.31 bits per heavy atom. The summed E-state index contributed by atoms with van der Waals surface area (Å²) >= 11 is 0. The molecule has 0 bridgehead atoms. The minimum atomic E-state index is 0.562. The van der Waals surface area contributed by atoms with Crippen molar-refractivity contribution in [2.45, 2.75) is 12.8 Å². The Bertz CT molecular complexity index is 1080.